The van der Waals surface area contributed by atoms with Crippen molar-refractivity contribution in [3.05, 3.63) is 46.8 Å². The molecule has 120 valence electrons. The van der Waals surface area contributed by atoms with Crippen LogP contribution in [0.15, 0.2) is 18.2 Å². The van der Waals surface area contributed by atoms with E-state index < -0.39 is 5.82 Å². The van der Waals surface area contributed by atoms with E-state index in [2.05, 4.69) is 16.0 Å². The van der Waals surface area contributed by atoms with E-state index in [1.165, 1.54) is 13.2 Å². The van der Waals surface area contributed by atoms with E-state index in [4.69, 9.17) is 9.47 Å². The Morgan fingerprint density at radius 1 is 1.39 bits per heavy atom. The number of halogens is 1. The number of nitrogens with zero attached hydrogens (tertiary/aromatic N) is 1. The van der Waals surface area contributed by atoms with E-state index in [1.54, 1.807) is 0 Å². The minimum Gasteiger partial charge on any atom is -0.493 e. The summed E-state index contributed by atoms with van der Waals surface area (Å²) in [5.74, 6) is 0.566. The first-order valence-electron chi connectivity index (χ1n) is 7.41. The number of aldehydes is 1. The van der Waals surface area contributed by atoms with Crippen molar-refractivity contribution in [3.63, 3.8) is 0 Å². The average Bonchev–Trinajstić information content (AvgIpc) is 2.82. The Kier molecular flexibility index (Phi) is 4.41. The normalized spacial score (nSPS) is 13.3. The number of carbonyl (C=O) groups excluding carboxylic acids is 1. The summed E-state index contributed by atoms with van der Waals surface area (Å²) in [4.78, 5) is 18.5. The molecule has 0 radical (unpaired) electrons. The number of nitrogens with one attached hydrogen (secondary N) is 1. The van der Waals surface area contributed by atoms with Crippen LogP contribution >= 0.6 is 0 Å². The van der Waals surface area contributed by atoms with Crippen molar-refractivity contribution in [3.8, 4) is 11.5 Å². The highest BCUT2D eigenvalue weighted by molar-refractivity contribution is 5.77. The van der Waals surface area contributed by atoms with Gasteiger partial charge in [0.25, 0.3) is 0 Å². The fraction of sp³-hybridized carbons (Fsp3) is 0.294. The molecule has 0 unspecified atom stereocenters. The van der Waals surface area contributed by atoms with Crippen LogP contribution in [0.2, 0.25) is 0 Å². The fourth-order valence-electron chi connectivity index (χ4n) is 2.53. The molecule has 1 heterocycles. The number of hydrogen-bond donors (Lipinski definition) is 1. The smallest absolute Gasteiger partial charge is 0.164 e. The molecule has 0 bridgehead atoms. The van der Waals surface area contributed by atoms with Crippen molar-refractivity contribution in [2.24, 2.45) is 0 Å². The largest absolute Gasteiger partial charge is 0.493 e. The molecule has 1 aromatic heterocycles. The lowest BCUT2D eigenvalue weighted by Crippen LogP contribution is -2.01. The van der Waals surface area contributed by atoms with Gasteiger partial charge in [-0.15, -0.1) is 0 Å². The van der Waals surface area contributed by atoms with E-state index in [9.17, 15) is 9.18 Å². The maximum atomic E-state index is 13.7. The summed E-state index contributed by atoms with van der Waals surface area (Å²) in [6, 6.07) is 2.47. The summed E-state index contributed by atoms with van der Waals surface area (Å²) >= 11 is 0. The molecule has 0 aliphatic heterocycles. The molecular formula is C17H17FN2O3. The maximum absolute atomic E-state index is 13.7. The van der Waals surface area contributed by atoms with E-state index >= 15 is 0 Å². The highest BCUT2D eigenvalue weighted by Gasteiger charge is 2.14. The summed E-state index contributed by atoms with van der Waals surface area (Å²) in [5.41, 5.74) is 1.95. The first-order chi connectivity index (χ1) is 11.2. The van der Waals surface area contributed by atoms with Crippen LogP contribution in [-0.2, 0) is 13.0 Å². The SMILES string of the molecule is COc1cc(C=O)c(F)cc1OCc1nc2c([nH]1)CCCC=C2. The first-order valence-corrected chi connectivity index (χ1v) is 7.41. The van der Waals surface area contributed by atoms with Crippen molar-refractivity contribution >= 4 is 12.4 Å². The molecule has 0 fully saturated rings. The number of imidazole rings is 1. The lowest BCUT2D eigenvalue weighted by atomic mass is 10.2. The van der Waals surface area contributed by atoms with Gasteiger partial charge in [-0.25, -0.2) is 9.37 Å². The number of rotatable bonds is 5. The van der Waals surface area contributed by atoms with Crippen LogP contribution in [0.4, 0.5) is 4.39 Å². The van der Waals surface area contributed by atoms with Crippen LogP contribution in [0.25, 0.3) is 6.08 Å². The van der Waals surface area contributed by atoms with Gasteiger partial charge in [0.05, 0.1) is 18.4 Å². The zero-order chi connectivity index (χ0) is 16.2. The van der Waals surface area contributed by atoms with E-state index in [-0.39, 0.29) is 17.9 Å². The third-order valence-corrected chi connectivity index (χ3v) is 3.71. The molecular weight excluding hydrogens is 299 g/mol. The van der Waals surface area contributed by atoms with Crippen molar-refractivity contribution in [2.75, 3.05) is 7.11 Å². The minimum absolute atomic E-state index is 0.0657. The van der Waals surface area contributed by atoms with Gasteiger partial charge < -0.3 is 14.5 Å². The second kappa shape index (κ2) is 6.64. The van der Waals surface area contributed by atoms with Crippen molar-refractivity contribution in [1.29, 1.82) is 0 Å². The van der Waals surface area contributed by atoms with Crippen molar-refractivity contribution in [1.82, 2.24) is 9.97 Å². The molecule has 1 aliphatic carbocycles. The van der Waals surface area contributed by atoms with Crippen LogP contribution in [0.1, 0.15) is 40.4 Å². The number of methoxy groups -OCH3 is 1. The number of allylic oxidation sites excluding steroid dienone is 1. The maximum Gasteiger partial charge on any atom is 0.164 e. The summed E-state index contributed by atoms with van der Waals surface area (Å²) in [7, 11) is 1.44. The Balaban J connectivity index is 1.78. The lowest BCUT2D eigenvalue weighted by Gasteiger charge is -2.10. The molecule has 3 rings (SSSR count). The number of benzene rings is 1. The average molecular weight is 316 g/mol. The third-order valence-electron chi connectivity index (χ3n) is 3.71. The first kappa shape index (κ1) is 15.3. The molecule has 0 saturated carbocycles. The number of fused-ring (bicyclic) bond motifs is 1. The number of carbonyl (C=O) groups is 1. The summed E-state index contributed by atoms with van der Waals surface area (Å²) in [5, 5.41) is 0. The Labute approximate surface area is 133 Å². The van der Waals surface area contributed by atoms with Gasteiger partial charge >= 0.3 is 0 Å². The van der Waals surface area contributed by atoms with Crippen LogP contribution in [0, 0.1) is 5.82 Å². The molecule has 1 aliphatic rings. The number of aryl methyl sites for hydroxylation is 1. The van der Waals surface area contributed by atoms with Gasteiger partial charge in [-0.2, -0.15) is 0 Å². The van der Waals surface area contributed by atoms with Crippen LogP contribution in [0.5, 0.6) is 11.5 Å². The van der Waals surface area contributed by atoms with Crippen LogP contribution in [-0.4, -0.2) is 23.4 Å². The topological polar surface area (TPSA) is 64.2 Å². The summed E-state index contributed by atoms with van der Waals surface area (Å²) < 4.78 is 24.5. The van der Waals surface area contributed by atoms with Gasteiger partial charge in [0.15, 0.2) is 17.8 Å². The van der Waals surface area contributed by atoms with E-state index in [1.807, 2.05) is 6.08 Å². The van der Waals surface area contributed by atoms with Crippen molar-refractivity contribution < 1.29 is 18.7 Å². The predicted octanol–water partition coefficient (Wildman–Crippen LogP) is 3.30. The van der Waals surface area contributed by atoms with Gasteiger partial charge in [0, 0.05) is 11.8 Å². The molecule has 0 amide bonds. The standard InChI is InChI=1S/C17H17FN2O3/c1-22-15-7-11(9-21)12(18)8-16(15)23-10-17-19-13-5-3-2-4-6-14(13)20-17/h3,5,7-9H,2,4,6,10H2,1H3,(H,19,20). The fourth-order valence-corrected chi connectivity index (χ4v) is 2.53. The molecule has 23 heavy (non-hydrogen) atoms. The van der Waals surface area contributed by atoms with E-state index in [0.29, 0.717) is 17.9 Å². The Morgan fingerprint density at radius 2 is 2.26 bits per heavy atom. The molecule has 0 atom stereocenters. The minimum atomic E-state index is -0.644. The van der Waals surface area contributed by atoms with Crippen LogP contribution in [0.3, 0.4) is 0 Å². The number of hydrogen-bond acceptors (Lipinski definition) is 4. The second-order valence-corrected chi connectivity index (χ2v) is 5.27. The van der Waals surface area contributed by atoms with Gasteiger partial charge in [0.2, 0.25) is 0 Å². The quantitative estimate of drug-likeness (QED) is 0.860. The molecule has 6 heteroatoms. The zero-order valence-electron chi connectivity index (χ0n) is 12.8. The molecule has 2 aromatic rings. The van der Waals surface area contributed by atoms with Crippen LogP contribution < -0.4 is 9.47 Å². The van der Waals surface area contributed by atoms with Gasteiger partial charge in [-0.1, -0.05) is 6.08 Å². The number of aromatic amines is 1. The van der Waals surface area contributed by atoms with Crippen molar-refractivity contribution in [2.45, 2.75) is 25.9 Å². The van der Waals surface area contributed by atoms with Gasteiger partial charge in [0.1, 0.15) is 18.2 Å². The second-order valence-electron chi connectivity index (χ2n) is 5.27. The monoisotopic (exact) mass is 316 g/mol. The molecule has 0 spiro atoms. The molecule has 0 saturated heterocycles. The van der Waals surface area contributed by atoms with Gasteiger partial charge in [-0.05, 0) is 31.4 Å². The number of aromatic nitrogens is 2. The summed E-state index contributed by atoms with van der Waals surface area (Å²) in [6.07, 6.45) is 7.63. The Bertz CT molecular complexity index is 753. The highest BCUT2D eigenvalue weighted by atomic mass is 19.1. The third kappa shape index (κ3) is 3.26. The van der Waals surface area contributed by atoms with Gasteiger partial charge in [-0.3, -0.25) is 4.79 Å². The zero-order valence-corrected chi connectivity index (χ0v) is 12.8. The lowest BCUT2D eigenvalue weighted by molar-refractivity contribution is 0.111. The molecule has 5 nitrogen and oxygen atoms in total. The predicted molar refractivity (Wildman–Crippen MR) is 83.2 cm³/mol. The molecule has 1 N–H and O–H groups in total. The highest BCUT2D eigenvalue weighted by Crippen LogP contribution is 2.30. The Morgan fingerprint density at radius 3 is 3.04 bits per heavy atom. The number of H-pyrrole nitrogens is 1. The summed E-state index contributed by atoms with van der Waals surface area (Å²) in [6.45, 7) is 0.164. The number of ether oxygens (including phenoxy) is 2. The Hall–Kier alpha value is -2.63. The molecule has 1 aromatic carbocycles. The van der Waals surface area contributed by atoms with E-state index in [0.717, 1.165) is 36.7 Å².